The van der Waals surface area contributed by atoms with Gasteiger partial charge < -0.3 is 15.0 Å². The average Bonchev–Trinajstić information content (AvgIpc) is 2.76. The molecule has 1 rings (SSSR count). The Morgan fingerprint density at radius 2 is 2.38 bits per heavy atom. The van der Waals surface area contributed by atoms with Gasteiger partial charge in [0.1, 0.15) is 10.6 Å². The molecule has 1 aromatic rings. The first-order valence-corrected chi connectivity index (χ1v) is 6.10. The summed E-state index contributed by atoms with van der Waals surface area (Å²) in [4.78, 5) is 14.4. The minimum absolute atomic E-state index is 0.0305. The highest BCUT2D eigenvalue weighted by atomic mass is 32.1. The van der Waals surface area contributed by atoms with Crippen molar-refractivity contribution in [1.29, 1.82) is 0 Å². The third-order valence-electron chi connectivity index (χ3n) is 2.31. The van der Waals surface area contributed by atoms with Crippen molar-refractivity contribution in [1.82, 2.24) is 10.2 Å². The van der Waals surface area contributed by atoms with Crippen LogP contribution in [0.5, 0.6) is 5.75 Å². The Balaban J connectivity index is 2.56. The quantitative estimate of drug-likeness (QED) is 0.767. The third kappa shape index (κ3) is 3.21. The molecule has 0 unspecified atom stereocenters. The van der Waals surface area contributed by atoms with Gasteiger partial charge in [0.25, 0.3) is 5.91 Å². The van der Waals surface area contributed by atoms with E-state index >= 15 is 0 Å². The van der Waals surface area contributed by atoms with Crippen molar-refractivity contribution >= 4 is 17.2 Å². The summed E-state index contributed by atoms with van der Waals surface area (Å²) < 4.78 is 5.13. The number of hydrogen-bond acceptors (Lipinski definition) is 4. The van der Waals surface area contributed by atoms with Gasteiger partial charge in [0.2, 0.25) is 0 Å². The fraction of sp³-hybridized carbons (Fsp3) is 0.545. The highest BCUT2D eigenvalue weighted by Crippen LogP contribution is 2.25. The molecule has 1 N–H and O–H groups in total. The van der Waals surface area contributed by atoms with Gasteiger partial charge in [-0.25, -0.2) is 0 Å². The predicted molar refractivity (Wildman–Crippen MR) is 66.4 cm³/mol. The lowest BCUT2D eigenvalue weighted by Crippen LogP contribution is -2.29. The van der Waals surface area contributed by atoms with Crippen LogP contribution in [0.25, 0.3) is 0 Å². The van der Waals surface area contributed by atoms with Gasteiger partial charge in [-0.05, 0) is 31.5 Å². The van der Waals surface area contributed by atoms with E-state index in [0.717, 1.165) is 19.5 Å². The van der Waals surface area contributed by atoms with Crippen LogP contribution in [0.3, 0.4) is 0 Å². The first-order chi connectivity index (χ1) is 7.70. The first kappa shape index (κ1) is 13.0. The van der Waals surface area contributed by atoms with E-state index in [-0.39, 0.29) is 5.91 Å². The van der Waals surface area contributed by atoms with E-state index in [1.807, 2.05) is 25.5 Å². The number of amides is 1. The molecule has 0 atom stereocenters. The highest BCUT2D eigenvalue weighted by molar-refractivity contribution is 7.12. The van der Waals surface area contributed by atoms with Gasteiger partial charge in [-0.15, -0.1) is 11.3 Å². The number of carbonyl (C=O) groups excluding carboxylic acids is 1. The predicted octanol–water partition coefficient (Wildman–Crippen LogP) is 1.44. The van der Waals surface area contributed by atoms with E-state index in [4.69, 9.17) is 4.74 Å². The van der Waals surface area contributed by atoms with Crippen molar-refractivity contribution in [2.75, 3.05) is 34.3 Å². The second kappa shape index (κ2) is 6.50. The Bertz CT molecular complexity index is 338. The van der Waals surface area contributed by atoms with Crippen LogP contribution < -0.4 is 10.1 Å². The summed E-state index contributed by atoms with van der Waals surface area (Å²) >= 11 is 1.42. The summed E-state index contributed by atoms with van der Waals surface area (Å²) in [5.41, 5.74) is 0. The molecule has 0 radical (unpaired) electrons. The van der Waals surface area contributed by atoms with Gasteiger partial charge in [-0.1, -0.05) is 0 Å². The van der Waals surface area contributed by atoms with E-state index in [1.165, 1.54) is 11.3 Å². The smallest absolute Gasteiger partial charge is 0.267 e. The van der Waals surface area contributed by atoms with Crippen molar-refractivity contribution in [2.24, 2.45) is 0 Å². The zero-order valence-corrected chi connectivity index (χ0v) is 10.8. The Hall–Kier alpha value is -1.07. The molecule has 1 amide bonds. The van der Waals surface area contributed by atoms with Crippen LogP contribution in [0.15, 0.2) is 11.4 Å². The maximum Gasteiger partial charge on any atom is 0.267 e. The average molecular weight is 242 g/mol. The third-order valence-corrected chi connectivity index (χ3v) is 3.19. The molecule has 0 saturated heterocycles. The zero-order valence-electron chi connectivity index (χ0n) is 9.95. The number of rotatable bonds is 6. The number of nitrogens with one attached hydrogen (secondary N) is 1. The Morgan fingerprint density at radius 1 is 1.62 bits per heavy atom. The molecule has 5 heteroatoms. The van der Waals surface area contributed by atoms with Gasteiger partial charge in [0, 0.05) is 13.6 Å². The Labute approximate surface area is 100 Å². The molecule has 1 heterocycles. The lowest BCUT2D eigenvalue weighted by molar-refractivity contribution is 0.0795. The number of ether oxygens (including phenoxy) is 1. The van der Waals surface area contributed by atoms with Gasteiger partial charge in [-0.2, -0.15) is 0 Å². The van der Waals surface area contributed by atoms with Crippen molar-refractivity contribution in [3.05, 3.63) is 16.3 Å². The summed E-state index contributed by atoms with van der Waals surface area (Å²) in [7, 11) is 5.31. The van der Waals surface area contributed by atoms with Gasteiger partial charge in [0.15, 0.2) is 0 Å². The molecule has 0 aromatic carbocycles. The van der Waals surface area contributed by atoms with E-state index < -0.39 is 0 Å². The fourth-order valence-corrected chi connectivity index (χ4v) is 2.23. The minimum atomic E-state index is 0.0305. The SMILES string of the molecule is CNCCCN(C)C(=O)c1sccc1OC. The largest absolute Gasteiger partial charge is 0.495 e. The van der Waals surface area contributed by atoms with Crippen molar-refractivity contribution in [2.45, 2.75) is 6.42 Å². The molecule has 4 nitrogen and oxygen atoms in total. The molecular weight excluding hydrogens is 224 g/mol. The van der Waals surface area contributed by atoms with E-state index in [2.05, 4.69) is 5.32 Å². The summed E-state index contributed by atoms with van der Waals surface area (Å²) in [6.45, 7) is 1.67. The first-order valence-electron chi connectivity index (χ1n) is 5.22. The highest BCUT2D eigenvalue weighted by Gasteiger charge is 2.17. The maximum atomic E-state index is 12.0. The topological polar surface area (TPSA) is 41.6 Å². The van der Waals surface area contributed by atoms with Crippen molar-refractivity contribution in [3.63, 3.8) is 0 Å². The zero-order chi connectivity index (χ0) is 12.0. The maximum absolute atomic E-state index is 12.0. The standard InChI is InChI=1S/C11H18N2O2S/c1-12-6-4-7-13(2)11(14)10-9(15-3)5-8-16-10/h5,8,12H,4,6-7H2,1-3H3. The van der Waals surface area contributed by atoms with Gasteiger partial charge >= 0.3 is 0 Å². The second-order valence-corrected chi connectivity index (χ2v) is 4.42. The van der Waals surface area contributed by atoms with Crippen molar-refractivity contribution in [3.8, 4) is 5.75 Å². The molecule has 16 heavy (non-hydrogen) atoms. The molecular formula is C11H18N2O2S. The van der Waals surface area contributed by atoms with Crippen LogP contribution in [-0.4, -0.2) is 45.1 Å². The van der Waals surface area contributed by atoms with Crippen LogP contribution in [0, 0.1) is 0 Å². The molecule has 0 aliphatic heterocycles. The van der Waals surface area contributed by atoms with E-state index in [9.17, 15) is 4.79 Å². The molecule has 0 aliphatic carbocycles. The molecule has 0 fully saturated rings. The molecule has 0 saturated carbocycles. The van der Waals surface area contributed by atoms with Crippen LogP contribution in [0.1, 0.15) is 16.1 Å². The van der Waals surface area contributed by atoms with Crippen LogP contribution >= 0.6 is 11.3 Å². The number of methoxy groups -OCH3 is 1. The molecule has 0 aliphatic rings. The normalized spacial score (nSPS) is 10.2. The number of hydrogen-bond donors (Lipinski definition) is 1. The summed E-state index contributed by atoms with van der Waals surface area (Å²) in [6, 6.07) is 1.82. The van der Waals surface area contributed by atoms with E-state index in [1.54, 1.807) is 12.0 Å². The monoisotopic (exact) mass is 242 g/mol. The van der Waals surface area contributed by atoms with Gasteiger partial charge in [0.05, 0.1) is 7.11 Å². The number of thiophene rings is 1. The van der Waals surface area contributed by atoms with Crippen LogP contribution in [-0.2, 0) is 0 Å². The summed E-state index contributed by atoms with van der Waals surface area (Å²) in [5.74, 6) is 0.693. The lowest BCUT2D eigenvalue weighted by Gasteiger charge is -2.16. The van der Waals surface area contributed by atoms with E-state index in [0.29, 0.717) is 10.6 Å². The van der Waals surface area contributed by atoms with Crippen molar-refractivity contribution < 1.29 is 9.53 Å². The van der Waals surface area contributed by atoms with Gasteiger partial charge in [-0.3, -0.25) is 4.79 Å². The summed E-state index contributed by atoms with van der Waals surface area (Å²) in [6.07, 6.45) is 0.951. The molecule has 90 valence electrons. The second-order valence-electron chi connectivity index (χ2n) is 3.50. The number of carbonyl (C=O) groups is 1. The molecule has 0 spiro atoms. The Kier molecular flexibility index (Phi) is 5.28. The number of nitrogens with zero attached hydrogens (tertiary/aromatic N) is 1. The van der Waals surface area contributed by atoms with Crippen LogP contribution in [0.4, 0.5) is 0 Å². The Morgan fingerprint density at radius 3 is 3.00 bits per heavy atom. The molecule has 1 aromatic heterocycles. The minimum Gasteiger partial charge on any atom is -0.495 e. The lowest BCUT2D eigenvalue weighted by atomic mass is 10.3. The fourth-order valence-electron chi connectivity index (χ4n) is 1.38. The summed E-state index contributed by atoms with van der Waals surface area (Å²) in [5, 5.41) is 4.93. The molecule has 0 bridgehead atoms. The van der Waals surface area contributed by atoms with Crippen LogP contribution in [0.2, 0.25) is 0 Å².